The molecule has 5 unspecified atom stereocenters. The standard InChI is InChI=1S/C13H15BO4/c15-14(8-4-2-1-3-5-8)12-10-6-9-7-16-13(17-9)11(10)18-12/h1-5,9-13,15H,6-7H2. The molecule has 5 heteroatoms. The van der Waals surface area contributed by atoms with E-state index in [0.29, 0.717) is 12.5 Å². The summed E-state index contributed by atoms with van der Waals surface area (Å²) in [5, 5.41) is 10.4. The Hall–Kier alpha value is -0.875. The Morgan fingerprint density at radius 3 is 2.83 bits per heavy atom. The molecule has 0 saturated carbocycles. The molecule has 18 heavy (non-hydrogen) atoms. The molecule has 1 aromatic rings. The van der Waals surface area contributed by atoms with Crippen molar-refractivity contribution in [3.63, 3.8) is 0 Å². The number of ether oxygens (including phenoxy) is 3. The minimum atomic E-state index is -0.551. The lowest BCUT2D eigenvalue weighted by atomic mass is 9.49. The van der Waals surface area contributed by atoms with E-state index in [2.05, 4.69) is 0 Å². The van der Waals surface area contributed by atoms with Gasteiger partial charge in [0.1, 0.15) is 6.10 Å². The number of fused-ring (bicyclic) bond motifs is 4. The molecular formula is C13H15BO4. The van der Waals surface area contributed by atoms with Crippen LogP contribution in [-0.4, -0.2) is 43.0 Å². The second-order valence-electron chi connectivity index (χ2n) is 5.28. The van der Waals surface area contributed by atoms with Gasteiger partial charge in [-0.1, -0.05) is 30.3 Å². The fourth-order valence-corrected chi connectivity index (χ4v) is 3.23. The minimum Gasteiger partial charge on any atom is -0.445 e. The van der Waals surface area contributed by atoms with Crippen LogP contribution in [0.1, 0.15) is 6.42 Å². The highest BCUT2D eigenvalue weighted by Crippen LogP contribution is 2.44. The van der Waals surface area contributed by atoms with Crippen LogP contribution in [0.5, 0.6) is 0 Å². The molecule has 3 aliphatic heterocycles. The average molecular weight is 246 g/mol. The summed E-state index contributed by atoms with van der Waals surface area (Å²) >= 11 is 0. The summed E-state index contributed by atoms with van der Waals surface area (Å²) in [5.74, 6) is 0.353. The van der Waals surface area contributed by atoms with Crippen LogP contribution in [0.4, 0.5) is 0 Å². The maximum absolute atomic E-state index is 10.4. The Bertz CT molecular complexity index is 440. The van der Waals surface area contributed by atoms with E-state index in [9.17, 15) is 5.02 Å². The second kappa shape index (κ2) is 4.06. The van der Waals surface area contributed by atoms with Crippen LogP contribution in [0.25, 0.3) is 0 Å². The number of benzene rings is 1. The molecule has 3 heterocycles. The molecule has 4 nitrogen and oxygen atoms in total. The zero-order chi connectivity index (χ0) is 12.1. The van der Waals surface area contributed by atoms with Gasteiger partial charge < -0.3 is 19.2 Å². The van der Waals surface area contributed by atoms with Gasteiger partial charge in [-0.2, -0.15) is 0 Å². The van der Waals surface area contributed by atoms with E-state index in [1.807, 2.05) is 30.3 Å². The number of hydrogen-bond acceptors (Lipinski definition) is 4. The lowest BCUT2D eigenvalue weighted by Gasteiger charge is -2.50. The third-order valence-electron chi connectivity index (χ3n) is 4.19. The van der Waals surface area contributed by atoms with Crippen LogP contribution in [0.3, 0.4) is 0 Å². The predicted octanol–water partition coefficient (Wildman–Crippen LogP) is -0.0546. The van der Waals surface area contributed by atoms with E-state index < -0.39 is 6.92 Å². The maximum Gasteiger partial charge on any atom is 0.354 e. The van der Waals surface area contributed by atoms with Crippen LogP contribution in [-0.2, 0) is 14.2 Å². The summed E-state index contributed by atoms with van der Waals surface area (Å²) in [4.78, 5) is 0. The van der Waals surface area contributed by atoms with Crippen LogP contribution < -0.4 is 5.46 Å². The number of hydrogen-bond donors (Lipinski definition) is 1. The molecule has 5 atom stereocenters. The quantitative estimate of drug-likeness (QED) is 0.743. The smallest absolute Gasteiger partial charge is 0.354 e. The highest BCUT2D eigenvalue weighted by atomic mass is 16.7. The van der Waals surface area contributed by atoms with Gasteiger partial charge in [-0.25, -0.2) is 0 Å². The van der Waals surface area contributed by atoms with E-state index >= 15 is 0 Å². The normalized spacial score (nSPS) is 41.1. The Labute approximate surface area is 106 Å². The fraction of sp³-hybridized carbons (Fsp3) is 0.538. The largest absolute Gasteiger partial charge is 0.445 e. The summed E-state index contributed by atoms with van der Waals surface area (Å²) in [6.45, 7) is 0.111. The minimum absolute atomic E-state index is 0.00659. The molecular weight excluding hydrogens is 231 g/mol. The van der Waals surface area contributed by atoms with Crippen LogP contribution in [0.15, 0.2) is 30.3 Å². The molecule has 3 fully saturated rings. The maximum atomic E-state index is 10.4. The fourth-order valence-electron chi connectivity index (χ4n) is 3.23. The van der Waals surface area contributed by atoms with Crippen molar-refractivity contribution in [2.24, 2.45) is 5.92 Å². The van der Waals surface area contributed by atoms with Gasteiger partial charge in [-0.15, -0.1) is 0 Å². The first-order valence-corrected chi connectivity index (χ1v) is 6.48. The highest BCUT2D eigenvalue weighted by Gasteiger charge is 2.58. The third-order valence-corrected chi connectivity index (χ3v) is 4.19. The van der Waals surface area contributed by atoms with Crippen LogP contribution in [0.2, 0.25) is 0 Å². The molecule has 2 bridgehead atoms. The zero-order valence-electron chi connectivity index (χ0n) is 9.94. The van der Waals surface area contributed by atoms with E-state index in [1.54, 1.807) is 0 Å². The van der Waals surface area contributed by atoms with Gasteiger partial charge in [0.25, 0.3) is 0 Å². The molecule has 94 valence electrons. The number of rotatable bonds is 2. The van der Waals surface area contributed by atoms with Crippen LogP contribution >= 0.6 is 0 Å². The summed E-state index contributed by atoms with van der Waals surface area (Å²) in [7, 11) is 0. The lowest BCUT2D eigenvalue weighted by molar-refractivity contribution is -0.276. The monoisotopic (exact) mass is 246 g/mol. The summed E-state index contributed by atoms with van der Waals surface area (Å²) in [6, 6.07) is 9.57. The molecule has 0 aliphatic carbocycles. The Morgan fingerprint density at radius 1 is 1.17 bits per heavy atom. The van der Waals surface area contributed by atoms with Gasteiger partial charge in [0.05, 0.1) is 18.7 Å². The summed E-state index contributed by atoms with van der Waals surface area (Å²) < 4.78 is 16.9. The van der Waals surface area contributed by atoms with Crippen molar-refractivity contribution in [1.82, 2.24) is 0 Å². The highest BCUT2D eigenvalue weighted by molar-refractivity contribution is 6.67. The molecule has 4 rings (SSSR count). The van der Waals surface area contributed by atoms with Crippen molar-refractivity contribution in [3.05, 3.63) is 30.3 Å². The van der Waals surface area contributed by atoms with Crippen LogP contribution in [0, 0.1) is 5.92 Å². The zero-order valence-corrected chi connectivity index (χ0v) is 9.94. The molecule has 1 N–H and O–H groups in total. The van der Waals surface area contributed by atoms with Gasteiger partial charge >= 0.3 is 6.92 Å². The molecule has 0 amide bonds. The SMILES string of the molecule is OB(c1ccccc1)C1OC2C3OCC(CC12)O3. The Balaban J connectivity index is 1.51. The van der Waals surface area contributed by atoms with Gasteiger partial charge in [-0.05, 0) is 11.9 Å². The first-order chi connectivity index (χ1) is 8.83. The molecule has 1 aromatic carbocycles. The lowest BCUT2D eigenvalue weighted by Crippen LogP contribution is -2.65. The second-order valence-corrected chi connectivity index (χ2v) is 5.28. The molecule has 3 aliphatic rings. The van der Waals surface area contributed by atoms with Crippen molar-refractivity contribution >= 4 is 12.4 Å². The Morgan fingerprint density at radius 2 is 2.00 bits per heavy atom. The summed E-state index contributed by atoms with van der Waals surface area (Å²) in [6.07, 6.45) is 0.904. The van der Waals surface area contributed by atoms with Gasteiger partial charge in [0.2, 0.25) is 0 Å². The van der Waals surface area contributed by atoms with Crippen molar-refractivity contribution in [2.75, 3.05) is 6.61 Å². The van der Waals surface area contributed by atoms with E-state index in [-0.39, 0.29) is 24.5 Å². The van der Waals surface area contributed by atoms with Crippen molar-refractivity contribution < 1.29 is 19.2 Å². The molecule has 0 aromatic heterocycles. The predicted molar refractivity (Wildman–Crippen MR) is 65.4 cm³/mol. The van der Waals surface area contributed by atoms with Gasteiger partial charge in [0, 0.05) is 5.92 Å². The first-order valence-electron chi connectivity index (χ1n) is 6.48. The average Bonchev–Trinajstić information content (AvgIpc) is 2.79. The van der Waals surface area contributed by atoms with E-state index in [1.165, 1.54) is 0 Å². The first kappa shape index (κ1) is 11.0. The van der Waals surface area contributed by atoms with Gasteiger partial charge in [-0.3, -0.25) is 0 Å². The molecule has 3 saturated heterocycles. The molecule has 0 radical (unpaired) electrons. The van der Waals surface area contributed by atoms with E-state index in [0.717, 1.165) is 11.9 Å². The Kier molecular flexibility index (Phi) is 2.48. The third kappa shape index (κ3) is 1.55. The summed E-state index contributed by atoms with van der Waals surface area (Å²) in [5.41, 5.74) is 0.917. The van der Waals surface area contributed by atoms with Crippen molar-refractivity contribution in [2.45, 2.75) is 30.9 Å². The molecule has 0 spiro atoms. The van der Waals surface area contributed by atoms with Crippen molar-refractivity contribution in [3.8, 4) is 0 Å². The van der Waals surface area contributed by atoms with E-state index in [4.69, 9.17) is 14.2 Å². The topological polar surface area (TPSA) is 47.9 Å². The van der Waals surface area contributed by atoms with Crippen molar-refractivity contribution in [1.29, 1.82) is 0 Å². The van der Waals surface area contributed by atoms with Gasteiger partial charge in [0.15, 0.2) is 6.29 Å².